The summed E-state index contributed by atoms with van der Waals surface area (Å²) < 4.78 is 30.9. The van der Waals surface area contributed by atoms with Gasteiger partial charge in [0.2, 0.25) is 5.91 Å². The highest BCUT2D eigenvalue weighted by atomic mass is 16.7. The van der Waals surface area contributed by atoms with Crippen LogP contribution < -0.4 is 5.32 Å². The van der Waals surface area contributed by atoms with Crippen molar-refractivity contribution in [1.82, 2.24) is 10.2 Å². The molecule has 4 N–H and O–H groups in total. The second kappa shape index (κ2) is 17.5. The van der Waals surface area contributed by atoms with Crippen molar-refractivity contribution < 1.29 is 53.4 Å². The predicted molar refractivity (Wildman–Crippen MR) is 178 cm³/mol. The second-order valence-corrected chi connectivity index (χ2v) is 14.2. The molecule has 0 radical (unpaired) electrons. The normalized spacial score (nSPS) is 42.1. The molecule has 48 heavy (non-hydrogen) atoms. The van der Waals surface area contributed by atoms with Gasteiger partial charge in [0.05, 0.1) is 42.4 Å². The van der Waals surface area contributed by atoms with E-state index in [2.05, 4.69) is 18.5 Å². The van der Waals surface area contributed by atoms with Crippen LogP contribution in [-0.2, 0) is 38.1 Å². The number of hydrogen-bond donors (Lipinski definition) is 4. The molecule has 0 aromatic carbocycles. The number of ether oxygens (including phenoxy) is 5. The highest BCUT2D eigenvalue weighted by Gasteiger charge is 2.52. The number of esters is 2. The van der Waals surface area contributed by atoms with Crippen LogP contribution in [0.1, 0.15) is 74.7 Å². The molecule has 0 aromatic heterocycles. The molecule has 14 atom stereocenters. The van der Waals surface area contributed by atoms with E-state index in [4.69, 9.17) is 23.7 Å². The van der Waals surface area contributed by atoms with Crippen molar-refractivity contribution in [2.45, 2.75) is 141 Å². The summed E-state index contributed by atoms with van der Waals surface area (Å²) >= 11 is 0. The number of aliphatic hydroxyl groups excluding tert-OH is 2. The minimum atomic E-state index is -2.01. The van der Waals surface area contributed by atoms with Gasteiger partial charge in [-0.15, -0.1) is 6.58 Å². The molecule has 13 nitrogen and oxygen atoms in total. The number of carbonyl (C=O) groups excluding carboxylic acids is 3. The summed E-state index contributed by atoms with van der Waals surface area (Å²) in [4.78, 5) is 41.9. The fourth-order valence-electron chi connectivity index (χ4n) is 7.02. The molecule has 0 spiro atoms. The molecule has 2 aliphatic heterocycles. The highest BCUT2D eigenvalue weighted by molar-refractivity contribution is 5.82. The van der Waals surface area contributed by atoms with Gasteiger partial charge >= 0.3 is 11.9 Å². The summed E-state index contributed by atoms with van der Waals surface area (Å²) in [7, 11) is 3.71. The van der Waals surface area contributed by atoms with Crippen LogP contribution in [0.2, 0.25) is 0 Å². The quantitative estimate of drug-likeness (QED) is 0.159. The first-order valence-electron chi connectivity index (χ1n) is 16.9. The van der Waals surface area contributed by atoms with Gasteiger partial charge in [-0.1, -0.05) is 33.4 Å². The Morgan fingerprint density at radius 3 is 2.27 bits per heavy atom. The smallest absolute Gasteiger partial charge is 0.330 e. The number of cyclic esters (lactones) is 1. The van der Waals surface area contributed by atoms with Crippen molar-refractivity contribution in [2.75, 3.05) is 20.7 Å². The van der Waals surface area contributed by atoms with E-state index in [1.165, 1.54) is 20.8 Å². The molecule has 2 rings (SSSR count). The molecule has 0 aliphatic carbocycles. The molecular formula is C35H60N2O11. The van der Waals surface area contributed by atoms with Crippen molar-refractivity contribution in [3.63, 3.8) is 0 Å². The Balaban J connectivity index is 2.81. The van der Waals surface area contributed by atoms with Gasteiger partial charge < -0.3 is 49.2 Å². The third kappa shape index (κ3) is 9.86. The van der Waals surface area contributed by atoms with Crippen LogP contribution in [0.25, 0.3) is 0 Å². The number of hydrogen-bond acceptors (Lipinski definition) is 12. The number of rotatable bonds is 9. The summed E-state index contributed by atoms with van der Waals surface area (Å²) in [6.07, 6.45) is -4.19. The highest BCUT2D eigenvalue weighted by Crippen LogP contribution is 2.38. The van der Waals surface area contributed by atoms with Crippen LogP contribution in [0, 0.1) is 17.8 Å². The van der Waals surface area contributed by atoms with E-state index in [0.29, 0.717) is 6.42 Å². The number of amides is 1. The SMILES string of the molecule is C=CCO[C@]1(C)C[C@@H](C)NC(=O)[C@H](C)[C@@H](O)[C@](C)(O)[C@@H](CC)OC(=O)[C@H](C)[C@@H](OC(=O)C=C)[C@H](C)[C@H]1O[C@@H]1O[C@H](C)C[C@H](N(C)C)[C@H]1O. The van der Waals surface area contributed by atoms with Gasteiger partial charge in [-0.25, -0.2) is 4.79 Å². The fraction of sp³-hybridized carbons (Fsp3) is 0.800. The standard InChI is InChI=1S/C35H60N2O11/c1-13-16-44-34(9)18-19(4)36-31(41)23(8)29(40)35(10,43)25(14-2)46-32(42)22(7)28(47-26(38)15-3)21(6)30(34)48-33-27(39)24(37(11)12)17-20(5)45-33/h13,15,19-25,27-30,33,39-40,43H,1,3,14,16-18H2,2,4-12H3,(H,36,41)/t19-,20-,21+,22-,23-,24+,25-,27-,28+,29-,30-,33+,34-,35-/m1/s1. The zero-order valence-corrected chi connectivity index (χ0v) is 30.4. The molecule has 276 valence electrons. The van der Waals surface area contributed by atoms with Crippen LogP contribution in [0.3, 0.4) is 0 Å². The van der Waals surface area contributed by atoms with Crippen molar-refractivity contribution >= 4 is 17.8 Å². The maximum atomic E-state index is 13.8. The Morgan fingerprint density at radius 2 is 1.73 bits per heavy atom. The zero-order chi connectivity index (χ0) is 36.7. The Hall–Kier alpha value is -2.39. The summed E-state index contributed by atoms with van der Waals surface area (Å²) in [6, 6.07) is -0.878. The number of nitrogens with one attached hydrogen (secondary N) is 1. The Kier molecular flexibility index (Phi) is 15.2. The summed E-state index contributed by atoms with van der Waals surface area (Å²) in [5, 5.41) is 37.0. The van der Waals surface area contributed by atoms with Crippen molar-refractivity contribution in [3.05, 3.63) is 25.3 Å². The molecule has 2 fully saturated rings. The van der Waals surface area contributed by atoms with Crippen molar-refractivity contribution in [3.8, 4) is 0 Å². The Morgan fingerprint density at radius 1 is 1.10 bits per heavy atom. The first-order chi connectivity index (χ1) is 22.2. The number of aliphatic hydroxyl groups is 3. The average molecular weight is 685 g/mol. The first kappa shape index (κ1) is 41.8. The summed E-state index contributed by atoms with van der Waals surface area (Å²) in [5.74, 6) is -5.19. The molecule has 1 amide bonds. The third-order valence-corrected chi connectivity index (χ3v) is 9.84. The van der Waals surface area contributed by atoms with Crippen LogP contribution in [-0.4, -0.2) is 125 Å². The number of carbonyl (C=O) groups is 3. The lowest BCUT2D eigenvalue weighted by atomic mass is 9.78. The lowest BCUT2D eigenvalue weighted by Crippen LogP contribution is -2.60. The topological polar surface area (TPSA) is 173 Å². The summed E-state index contributed by atoms with van der Waals surface area (Å²) in [5.41, 5.74) is -3.29. The molecule has 2 aliphatic rings. The molecular weight excluding hydrogens is 624 g/mol. The fourth-order valence-corrected chi connectivity index (χ4v) is 7.02. The number of nitrogens with zero attached hydrogens (tertiary/aromatic N) is 1. The van der Waals surface area contributed by atoms with Gasteiger partial charge in [-0.3, -0.25) is 9.59 Å². The monoisotopic (exact) mass is 684 g/mol. The van der Waals surface area contributed by atoms with E-state index >= 15 is 0 Å². The molecule has 0 aromatic rings. The van der Waals surface area contributed by atoms with Gasteiger partial charge in [-0.2, -0.15) is 0 Å². The molecule has 0 saturated carbocycles. The lowest BCUT2D eigenvalue weighted by molar-refractivity contribution is -0.302. The number of likely N-dealkylation sites (N-methyl/N-ethyl adjacent to an activating group) is 1. The minimum absolute atomic E-state index is 0.0689. The Labute approximate surface area is 286 Å². The van der Waals surface area contributed by atoms with Crippen LogP contribution in [0.5, 0.6) is 0 Å². The molecule has 2 saturated heterocycles. The van der Waals surface area contributed by atoms with Crippen LogP contribution in [0.15, 0.2) is 25.3 Å². The van der Waals surface area contributed by atoms with E-state index in [1.54, 1.807) is 33.8 Å². The van der Waals surface area contributed by atoms with Crippen LogP contribution >= 0.6 is 0 Å². The maximum absolute atomic E-state index is 13.8. The van der Waals surface area contributed by atoms with Gasteiger partial charge in [0.15, 0.2) is 6.29 Å². The van der Waals surface area contributed by atoms with Gasteiger partial charge in [0.1, 0.15) is 23.9 Å². The molecule has 0 unspecified atom stereocenters. The van der Waals surface area contributed by atoms with E-state index in [9.17, 15) is 29.7 Å². The van der Waals surface area contributed by atoms with E-state index in [0.717, 1.165) is 6.08 Å². The van der Waals surface area contributed by atoms with E-state index in [1.807, 2.05) is 25.9 Å². The minimum Gasteiger partial charge on any atom is -0.459 e. The summed E-state index contributed by atoms with van der Waals surface area (Å²) in [6.45, 7) is 20.5. The van der Waals surface area contributed by atoms with Crippen LogP contribution in [0.4, 0.5) is 0 Å². The van der Waals surface area contributed by atoms with Gasteiger partial charge in [-0.05, 0) is 68.0 Å². The lowest BCUT2D eigenvalue weighted by Gasteiger charge is -2.48. The predicted octanol–water partition coefficient (Wildman–Crippen LogP) is 2.11. The second-order valence-electron chi connectivity index (χ2n) is 14.2. The first-order valence-corrected chi connectivity index (χ1v) is 16.9. The van der Waals surface area contributed by atoms with Crippen molar-refractivity contribution in [2.24, 2.45) is 17.8 Å². The van der Waals surface area contributed by atoms with E-state index in [-0.39, 0.29) is 31.6 Å². The van der Waals surface area contributed by atoms with Crippen molar-refractivity contribution in [1.29, 1.82) is 0 Å². The van der Waals surface area contributed by atoms with E-state index < -0.39 is 89.7 Å². The van der Waals surface area contributed by atoms with Gasteiger partial charge in [0, 0.05) is 24.1 Å². The average Bonchev–Trinajstić information content (AvgIpc) is 3.02. The maximum Gasteiger partial charge on any atom is 0.330 e. The third-order valence-electron chi connectivity index (χ3n) is 9.84. The largest absolute Gasteiger partial charge is 0.459 e. The molecule has 0 bridgehead atoms. The molecule has 13 heteroatoms. The Bertz CT molecular complexity index is 1120. The molecule has 2 heterocycles. The van der Waals surface area contributed by atoms with Gasteiger partial charge in [0.25, 0.3) is 0 Å². The zero-order valence-electron chi connectivity index (χ0n) is 30.4.